The molecule has 0 bridgehead atoms. The van der Waals surface area contributed by atoms with Gasteiger partial charge in [0.05, 0.1) is 0 Å². The highest BCUT2D eigenvalue weighted by Crippen LogP contribution is 2.13. The number of amides is 1. The first kappa shape index (κ1) is 15.5. The van der Waals surface area contributed by atoms with Crippen LogP contribution in [0.3, 0.4) is 0 Å². The summed E-state index contributed by atoms with van der Waals surface area (Å²) in [5.41, 5.74) is 0.622. The van der Waals surface area contributed by atoms with Crippen molar-refractivity contribution < 1.29 is 4.79 Å². The molecule has 1 amide bonds. The lowest BCUT2D eigenvalue weighted by Gasteiger charge is -2.15. The molecule has 1 aromatic rings. The summed E-state index contributed by atoms with van der Waals surface area (Å²) in [6, 6.07) is 7.03. The van der Waals surface area contributed by atoms with Gasteiger partial charge in [0.2, 0.25) is 0 Å². The van der Waals surface area contributed by atoms with E-state index in [0.29, 0.717) is 16.5 Å². The highest BCUT2D eigenvalue weighted by molar-refractivity contribution is 9.09. The van der Waals surface area contributed by atoms with Crippen molar-refractivity contribution in [3.8, 4) is 0 Å². The number of halogens is 2. The van der Waals surface area contributed by atoms with Gasteiger partial charge in [-0.25, -0.2) is 0 Å². The zero-order valence-corrected chi connectivity index (χ0v) is 12.9. The van der Waals surface area contributed by atoms with Crippen LogP contribution < -0.4 is 5.32 Å². The molecule has 1 rings (SSSR count). The lowest BCUT2D eigenvalue weighted by atomic mass is 10.0. The molecule has 0 spiro atoms. The van der Waals surface area contributed by atoms with Gasteiger partial charge in [0, 0.05) is 22.5 Å². The van der Waals surface area contributed by atoms with Crippen LogP contribution in [-0.4, -0.2) is 17.8 Å². The number of hydrogen-bond acceptors (Lipinski definition) is 1. The first-order valence-corrected chi connectivity index (χ1v) is 7.77. The van der Waals surface area contributed by atoms with Crippen LogP contribution >= 0.6 is 27.5 Å². The van der Waals surface area contributed by atoms with Crippen LogP contribution in [0, 0.1) is 5.92 Å². The van der Waals surface area contributed by atoms with Crippen LogP contribution in [0.2, 0.25) is 5.02 Å². The van der Waals surface area contributed by atoms with Crippen molar-refractivity contribution in [3.05, 3.63) is 34.9 Å². The third-order valence-electron chi connectivity index (χ3n) is 2.85. The first-order chi connectivity index (χ1) is 8.67. The van der Waals surface area contributed by atoms with Crippen molar-refractivity contribution in [2.45, 2.75) is 26.2 Å². The zero-order chi connectivity index (χ0) is 13.4. The van der Waals surface area contributed by atoms with Gasteiger partial charge in [-0.05, 0) is 37.0 Å². The average molecular weight is 333 g/mol. The number of hydrogen-bond donors (Lipinski definition) is 1. The smallest absolute Gasteiger partial charge is 0.251 e. The predicted molar refractivity (Wildman–Crippen MR) is 80.6 cm³/mol. The van der Waals surface area contributed by atoms with Gasteiger partial charge in [-0.2, -0.15) is 0 Å². The normalized spacial score (nSPS) is 12.2. The first-order valence-electron chi connectivity index (χ1n) is 6.27. The van der Waals surface area contributed by atoms with Crippen LogP contribution in [0.5, 0.6) is 0 Å². The molecule has 18 heavy (non-hydrogen) atoms. The van der Waals surface area contributed by atoms with Gasteiger partial charge in [-0.1, -0.05) is 46.9 Å². The molecular weight excluding hydrogens is 314 g/mol. The SMILES string of the molecule is CCCC(CCBr)CNC(=O)c1cccc(Cl)c1. The summed E-state index contributed by atoms with van der Waals surface area (Å²) in [6.45, 7) is 2.89. The fraction of sp³-hybridized carbons (Fsp3) is 0.500. The van der Waals surface area contributed by atoms with E-state index in [1.807, 2.05) is 0 Å². The fourth-order valence-corrected chi connectivity index (χ4v) is 2.72. The second-order valence-electron chi connectivity index (χ2n) is 4.35. The van der Waals surface area contributed by atoms with E-state index in [2.05, 4.69) is 28.2 Å². The van der Waals surface area contributed by atoms with E-state index < -0.39 is 0 Å². The summed E-state index contributed by atoms with van der Waals surface area (Å²) in [5, 5.41) is 4.55. The Morgan fingerprint density at radius 3 is 2.83 bits per heavy atom. The number of benzene rings is 1. The highest BCUT2D eigenvalue weighted by Gasteiger charge is 2.10. The second kappa shape index (κ2) is 8.54. The maximum absolute atomic E-state index is 11.9. The van der Waals surface area contributed by atoms with E-state index in [1.54, 1.807) is 24.3 Å². The molecule has 2 nitrogen and oxygen atoms in total. The van der Waals surface area contributed by atoms with Crippen molar-refractivity contribution in [2.24, 2.45) is 5.92 Å². The molecule has 0 saturated carbocycles. The van der Waals surface area contributed by atoms with Gasteiger partial charge in [-0.15, -0.1) is 0 Å². The van der Waals surface area contributed by atoms with Gasteiger partial charge in [0.15, 0.2) is 0 Å². The molecule has 0 heterocycles. The maximum atomic E-state index is 11.9. The molecule has 4 heteroatoms. The van der Waals surface area contributed by atoms with Gasteiger partial charge < -0.3 is 5.32 Å². The summed E-state index contributed by atoms with van der Waals surface area (Å²) >= 11 is 9.32. The largest absolute Gasteiger partial charge is 0.352 e. The van der Waals surface area contributed by atoms with Crippen molar-refractivity contribution in [3.63, 3.8) is 0 Å². The molecule has 100 valence electrons. The summed E-state index contributed by atoms with van der Waals surface area (Å²) in [4.78, 5) is 11.9. The standard InChI is InChI=1S/C14H19BrClNO/c1-2-4-11(7-8-15)10-17-14(18)12-5-3-6-13(16)9-12/h3,5-6,9,11H,2,4,7-8,10H2,1H3,(H,17,18). The lowest BCUT2D eigenvalue weighted by molar-refractivity contribution is 0.0946. The Morgan fingerprint density at radius 2 is 2.22 bits per heavy atom. The fourth-order valence-electron chi connectivity index (χ4n) is 1.88. The minimum atomic E-state index is -0.0480. The molecule has 1 atom stereocenters. The monoisotopic (exact) mass is 331 g/mol. The molecule has 0 saturated heterocycles. The number of alkyl halides is 1. The zero-order valence-electron chi connectivity index (χ0n) is 10.6. The van der Waals surface area contributed by atoms with E-state index in [-0.39, 0.29) is 5.91 Å². The Labute approximate surface area is 122 Å². The molecule has 0 aromatic heterocycles. The van der Waals surface area contributed by atoms with E-state index in [4.69, 9.17) is 11.6 Å². The van der Waals surface area contributed by atoms with Gasteiger partial charge in [-0.3, -0.25) is 4.79 Å². The van der Waals surface area contributed by atoms with Crippen molar-refractivity contribution in [1.82, 2.24) is 5.32 Å². The maximum Gasteiger partial charge on any atom is 0.251 e. The molecule has 0 radical (unpaired) electrons. The molecular formula is C14H19BrClNO. The minimum absolute atomic E-state index is 0.0480. The van der Waals surface area contributed by atoms with E-state index in [0.717, 1.165) is 31.1 Å². The van der Waals surface area contributed by atoms with Crippen LogP contribution in [0.25, 0.3) is 0 Å². The van der Waals surface area contributed by atoms with Crippen LogP contribution in [-0.2, 0) is 0 Å². The van der Waals surface area contributed by atoms with Crippen LogP contribution in [0.4, 0.5) is 0 Å². The number of rotatable bonds is 7. The van der Waals surface area contributed by atoms with Crippen molar-refractivity contribution in [2.75, 3.05) is 11.9 Å². The Bertz CT molecular complexity index is 378. The molecule has 1 N–H and O–H groups in total. The molecule has 0 aliphatic carbocycles. The van der Waals surface area contributed by atoms with Gasteiger partial charge in [0.25, 0.3) is 5.91 Å². The number of nitrogens with one attached hydrogen (secondary N) is 1. The average Bonchev–Trinajstić information content (AvgIpc) is 2.36. The third-order valence-corrected chi connectivity index (χ3v) is 3.55. The second-order valence-corrected chi connectivity index (χ2v) is 5.58. The summed E-state index contributed by atoms with van der Waals surface area (Å²) in [5.74, 6) is 0.491. The van der Waals surface area contributed by atoms with E-state index in [1.165, 1.54) is 0 Å². The summed E-state index contributed by atoms with van der Waals surface area (Å²) < 4.78 is 0. The Kier molecular flexibility index (Phi) is 7.36. The van der Waals surface area contributed by atoms with Gasteiger partial charge >= 0.3 is 0 Å². The lowest BCUT2D eigenvalue weighted by Crippen LogP contribution is -2.29. The molecule has 0 aliphatic rings. The van der Waals surface area contributed by atoms with Crippen LogP contribution in [0.1, 0.15) is 36.5 Å². The summed E-state index contributed by atoms with van der Waals surface area (Å²) in [7, 11) is 0. The topological polar surface area (TPSA) is 29.1 Å². The van der Waals surface area contributed by atoms with E-state index >= 15 is 0 Å². The molecule has 0 fully saturated rings. The Morgan fingerprint density at radius 1 is 1.44 bits per heavy atom. The minimum Gasteiger partial charge on any atom is -0.352 e. The predicted octanol–water partition coefficient (Wildman–Crippen LogP) is 4.27. The quantitative estimate of drug-likeness (QED) is 0.742. The molecule has 1 unspecified atom stereocenters. The molecule has 0 aliphatic heterocycles. The van der Waals surface area contributed by atoms with E-state index in [9.17, 15) is 4.79 Å². The number of carbonyl (C=O) groups is 1. The third kappa shape index (κ3) is 5.40. The highest BCUT2D eigenvalue weighted by atomic mass is 79.9. The Hall–Kier alpha value is -0.540. The number of carbonyl (C=O) groups excluding carboxylic acids is 1. The summed E-state index contributed by atoms with van der Waals surface area (Å²) in [6.07, 6.45) is 3.37. The van der Waals surface area contributed by atoms with Crippen molar-refractivity contribution in [1.29, 1.82) is 0 Å². The molecule has 1 aromatic carbocycles. The van der Waals surface area contributed by atoms with Gasteiger partial charge in [0.1, 0.15) is 0 Å². The van der Waals surface area contributed by atoms with Crippen LogP contribution in [0.15, 0.2) is 24.3 Å². The van der Waals surface area contributed by atoms with Crippen molar-refractivity contribution >= 4 is 33.4 Å². The Balaban J connectivity index is 2.49.